The predicted octanol–water partition coefficient (Wildman–Crippen LogP) is 5.59. The Bertz CT molecular complexity index is 1230. The number of nitrogens with one attached hydrogen (secondary N) is 3. The third-order valence-electron chi connectivity index (χ3n) is 15.0. The monoisotopic (exact) mass is 803 g/mol. The van der Waals surface area contributed by atoms with E-state index in [2.05, 4.69) is 48.3 Å². The molecule has 13 heteroatoms. The molecule has 4 aliphatic rings. The van der Waals surface area contributed by atoms with Gasteiger partial charge in [-0.3, -0.25) is 15.4 Å². The molecule has 0 aromatic rings. The minimum absolute atomic E-state index is 0.0126. The van der Waals surface area contributed by atoms with Crippen molar-refractivity contribution in [3.63, 3.8) is 0 Å². The van der Waals surface area contributed by atoms with Crippen molar-refractivity contribution in [2.45, 2.75) is 162 Å². The summed E-state index contributed by atoms with van der Waals surface area (Å²) >= 11 is 0. The topological polar surface area (TPSA) is 230 Å². The minimum Gasteiger partial charge on any atom is -0.378 e. The lowest BCUT2D eigenvalue weighted by atomic mass is 9.43. The van der Waals surface area contributed by atoms with E-state index < -0.39 is 0 Å². The zero-order chi connectivity index (χ0) is 41.3. The fraction of sp³-hybridized carbons (Fsp3) is 0.932. The van der Waals surface area contributed by atoms with Gasteiger partial charge in [-0.1, -0.05) is 59.8 Å². The van der Waals surface area contributed by atoms with Crippen LogP contribution < -0.4 is 39.3 Å². The minimum atomic E-state index is 0.0126. The van der Waals surface area contributed by atoms with Gasteiger partial charge in [0.2, 0.25) is 0 Å². The van der Waals surface area contributed by atoms with Crippen molar-refractivity contribution in [3.8, 4) is 0 Å². The molecule has 0 heterocycles. The molecule has 0 spiro atoms. The van der Waals surface area contributed by atoms with E-state index in [-0.39, 0.29) is 47.0 Å². The fourth-order valence-electron chi connectivity index (χ4n) is 12.1. The number of hydrogen-bond acceptors (Lipinski definition) is 7. The first-order valence-electron chi connectivity index (χ1n) is 23.2. The van der Waals surface area contributed by atoms with E-state index >= 15 is 0 Å². The van der Waals surface area contributed by atoms with E-state index in [1.54, 1.807) is 0 Å². The second kappa shape index (κ2) is 24.0. The van der Waals surface area contributed by atoms with Gasteiger partial charge in [-0.2, -0.15) is 0 Å². The fourth-order valence-corrected chi connectivity index (χ4v) is 12.1. The second-order valence-corrected chi connectivity index (χ2v) is 18.7. The average Bonchev–Trinajstić information content (AvgIpc) is 3.53. The van der Waals surface area contributed by atoms with Crippen LogP contribution in [0.3, 0.4) is 0 Å². The van der Waals surface area contributed by atoms with Crippen molar-refractivity contribution in [1.82, 2.24) is 10.6 Å². The number of ether oxygens (including phenoxy) is 3. The van der Waals surface area contributed by atoms with Gasteiger partial charge in [-0.15, -0.1) is 0 Å². The van der Waals surface area contributed by atoms with Gasteiger partial charge in [0.05, 0.1) is 18.3 Å². The highest BCUT2D eigenvalue weighted by atomic mass is 16.5. The van der Waals surface area contributed by atoms with E-state index in [4.69, 9.17) is 48.3 Å². The first-order chi connectivity index (χ1) is 27.4. The number of nitrogens with two attached hydrogens (primary N) is 5. The van der Waals surface area contributed by atoms with E-state index in [1.165, 1.54) is 70.6 Å². The molecule has 11 atom stereocenters. The summed E-state index contributed by atoms with van der Waals surface area (Å²) in [6.07, 6.45) is 21.6. The van der Waals surface area contributed by atoms with Crippen molar-refractivity contribution in [1.29, 1.82) is 5.41 Å². The van der Waals surface area contributed by atoms with E-state index in [1.807, 2.05) is 0 Å². The van der Waals surface area contributed by atoms with E-state index in [0.29, 0.717) is 75.0 Å². The van der Waals surface area contributed by atoms with Gasteiger partial charge in [-0.05, 0) is 137 Å². The molecule has 4 rings (SSSR count). The lowest BCUT2D eigenvalue weighted by Gasteiger charge is -2.65. The lowest BCUT2D eigenvalue weighted by molar-refractivity contribution is -0.227. The molecule has 0 saturated heterocycles. The Morgan fingerprint density at radius 3 is 2.11 bits per heavy atom. The molecule has 4 unspecified atom stereocenters. The van der Waals surface area contributed by atoms with Crippen LogP contribution in [0.2, 0.25) is 0 Å². The van der Waals surface area contributed by atoms with Crippen LogP contribution in [0.25, 0.3) is 0 Å². The van der Waals surface area contributed by atoms with Gasteiger partial charge < -0.3 is 53.5 Å². The Hall–Kier alpha value is -2.35. The van der Waals surface area contributed by atoms with Gasteiger partial charge in [0.15, 0.2) is 17.9 Å². The summed E-state index contributed by atoms with van der Waals surface area (Å²) in [6, 6.07) is 0. The van der Waals surface area contributed by atoms with Crippen molar-refractivity contribution in [2.75, 3.05) is 52.5 Å². The molecule has 4 saturated carbocycles. The molecule has 0 bridgehead atoms. The summed E-state index contributed by atoms with van der Waals surface area (Å²) in [5.41, 5.74) is 28.4. The van der Waals surface area contributed by atoms with Gasteiger partial charge in [0, 0.05) is 44.9 Å². The van der Waals surface area contributed by atoms with Crippen LogP contribution in [0.1, 0.15) is 143 Å². The zero-order valence-electron chi connectivity index (χ0n) is 36.6. The Balaban J connectivity index is 1.50. The first-order valence-corrected chi connectivity index (χ1v) is 23.2. The number of unbranched alkanes of at least 4 members (excludes halogenated alkanes) is 5. The van der Waals surface area contributed by atoms with Crippen LogP contribution in [0.5, 0.6) is 0 Å². The van der Waals surface area contributed by atoms with Crippen molar-refractivity contribution in [3.05, 3.63) is 0 Å². The maximum Gasteiger partial charge on any atom is 0.185 e. The molecule has 0 aliphatic heterocycles. The normalized spacial score (nSPS) is 32.4. The number of fused-ring (bicyclic) bond motifs is 5. The maximum atomic E-state index is 7.45. The Labute approximate surface area is 346 Å². The standard InChI is InChI=1S/C44H86N10O3/c1-5-6-7-8-9-10-20-51-21-11-15-31(2)34-16-17-35-39-36(30-38(44(34,35)4)57-27-14-24-54-42(49)50)43(3)19-18-33(55-25-12-22-52-40(45)46)28-32(43)29-37(39)56-26-13-23-53-41(47)48/h31-39,51H,5-30H2,1-4H3,(H4,45,46,52)(H4,47,48,53)(H4,49,50,54)/t31-,32?,33-,34-,35+,36+,37-,38+,39?,43?,44?/m1/s1. The maximum absolute atomic E-state index is 7.45. The highest BCUT2D eigenvalue weighted by molar-refractivity contribution is 5.76. The van der Waals surface area contributed by atoms with E-state index in [9.17, 15) is 0 Å². The molecule has 0 amide bonds. The number of guanidine groups is 3. The van der Waals surface area contributed by atoms with Crippen molar-refractivity contribution < 1.29 is 14.2 Å². The molecule has 13 nitrogen and oxygen atoms in total. The molecular formula is C44H86N10O3. The highest BCUT2D eigenvalue weighted by Gasteiger charge is 2.66. The van der Waals surface area contributed by atoms with Gasteiger partial charge >= 0.3 is 0 Å². The SMILES string of the molecule is CCCCCCCCNCCC[C@@H](C)[C@H]1CC[C@H]2C3[C@H](OCCCN=C(N)N)CC4C[C@H](OCCCNC(=N)N)CCC4(C)[C@H]3C[C@H](OCCCN=C(N)N)C12C. The Morgan fingerprint density at radius 2 is 1.40 bits per heavy atom. The quantitative estimate of drug-likeness (QED) is 0.0292. The number of aliphatic imine (C=N–C) groups is 2. The summed E-state index contributed by atoms with van der Waals surface area (Å²) in [7, 11) is 0. The summed E-state index contributed by atoms with van der Waals surface area (Å²) < 4.78 is 20.7. The van der Waals surface area contributed by atoms with Crippen LogP contribution in [-0.4, -0.2) is 88.7 Å². The molecule has 330 valence electrons. The van der Waals surface area contributed by atoms with Crippen LogP contribution in [0.15, 0.2) is 9.98 Å². The number of hydrogen-bond donors (Lipinski definition) is 8. The third kappa shape index (κ3) is 13.6. The van der Waals surface area contributed by atoms with Gasteiger partial charge in [-0.25, -0.2) is 0 Å². The largest absolute Gasteiger partial charge is 0.378 e. The molecule has 4 fully saturated rings. The molecule has 0 aromatic heterocycles. The van der Waals surface area contributed by atoms with E-state index in [0.717, 1.165) is 58.0 Å². The Kier molecular flexibility index (Phi) is 20.0. The highest BCUT2D eigenvalue weighted by Crippen LogP contribution is 2.69. The molecule has 57 heavy (non-hydrogen) atoms. The van der Waals surface area contributed by atoms with Crippen molar-refractivity contribution >= 4 is 17.9 Å². The zero-order valence-corrected chi connectivity index (χ0v) is 36.6. The van der Waals surface area contributed by atoms with Crippen LogP contribution >= 0.6 is 0 Å². The summed E-state index contributed by atoms with van der Waals surface area (Å²) in [5, 5.41) is 14.1. The summed E-state index contributed by atoms with van der Waals surface area (Å²) in [5.74, 6) is 3.60. The molecule has 0 aromatic carbocycles. The molecule has 0 radical (unpaired) electrons. The predicted molar refractivity (Wildman–Crippen MR) is 235 cm³/mol. The molecule has 4 aliphatic carbocycles. The van der Waals surface area contributed by atoms with Gasteiger partial charge in [0.25, 0.3) is 0 Å². The van der Waals surface area contributed by atoms with Crippen LogP contribution in [0.4, 0.5) is 0 Å². The smallest absolute Gasteiger partial charge is 0.185 e. The third-order valence-corrected chi connectivity index (χ3v) is 15.0. The first kappa shape index (κ1) is 47.3. The second-order valence-electron chi connectivity index (χ2n) is 18.7. The van der Waals surface area contributed by atoms with Crippen LogP contribution in [0, 0.1) is 51.7 Å². The Morgan fingerprint density at radius 1 is 0.737 bits per heavy atom. The van der Waals surface area contributed by atoms with Crippen molar-refractivity contribution in [2.24, 2.45) is 85.0 Å². The average molecular weight is 803 g/mol. The number of rotatable bonds is 27. The van der Waals surface area contributed by atoms with Crippen LogP contribution in [-0.2, 0) is 14.2 Å². The lowest BCUT2D eigenvalue weighted by Crippen LogP contribution is -2.63. The van der Waals surface area contributed by atoms with Gasteiger partial charge in [0.1, 0.15) is 0 Å². The number of nitrogens with zero attached hydrogens (tertiary/aromatic N) is 2. The summed E-state index contributed by atoms with van der Waals surface area (Å²) in [6.45, 7) is 16.1. The molecular weight excluding hydrogens is 717 g/mol. The summed E-state index contributed by atoms with van der Waals surface area (Å²) in [4.78, 5) is 8.52. The molecule has 13 N–H and O–H groups in total.